The summed E-state index contributed by atoms with van der Waals surface area (Å²) in [6, 6.07) is 5.24. The smallest absolute Gasteiger partial charge is 0.142 e. The van der Waals surface area contributed by atoms with Gasteiger partial charge in [0.15, 0.2) is 0 Å². The van der Waals surface area contributed by atoms with Crippen LogP contribution in [-0.4, -0.2) is 10.2 Å². The zero-order valence-corrected chi connectivity index (χ0v) is 10.5. The highest BCUT2D eigenvalue weighted by molar-refractivity contribution is 7.14. The number of rotatable bonds is 2. The molecule has 1 heterocycles. The summed E-state index contributed by atoms with van der Waals surface area (Å²) in [7, 11) is 0. The van der Waals surface area contributed by atoms with E-state index in [0.29, 0.717) is 15.9 Å². The number of hydrogen-bond donors (Lipinski definition) is 0. The van der Waals surface area contributed by atoms with Crippen molar-refractivity contribution in [2.45, 2.75) is 5.88 Å². The van der Waals surface area contributed by atoms with Crippen molar-refractivity contribution in [2.24, 2.45) is 0 Å². The van der Waals surface area contributed by atoms with Gasteiger partial charge in [-0.25, -0.2) is 0 Å². The Morgan fingerprint density at radius 2 is 2.00 bits per heavy atom. The molecule has 0 amide bonds. The molecule has 6 heteroatoms. The van der Waals surface area contributed by atoms with Gasteiger partial charge in [0.25, 0.3) is 0 Å². The van der Waals surface area contributed by atoms with E-state index in [1.165, 1.54) is 11.3 Å². The summed E-state index contributed by atoms with van der Waals surface area (Å²) in [5.41, 5.74) is 0.790. The standard InChI is InChI=1S/C9H5Cl3N2S/c10-4-8-13-14-9(15-8)6-3-5(11)1-2-7(6)12/h1-3H,4H2. The summed E-state index contributed by atoms with van der Waals surface area (Å²) in [5, 5.41) is 10.6. The summed E-state index contributed by atoms with van der Waals surface area (Å²) in [6.07, 6.45) is 0. The van der Waals surface area contributed by atoms with Crippen LogP contribution in [0.2, 0.25) is 10.0 Å². The van der Waals surface area contributed by atoms with Crippen LogP contribution in [-0.2, 0) is 5.88 Å². The first-order valence-corrected chi connectivity index (χ1v) is 6.15. The minimum Gasteiger partial charge on any atom is -0.142 e. The third-order valence-corrected chi connectivity index (χ3v) is 3.67. The topological polar surface area (TPSA) is 25.8 Å². The second-order valence-corrected chi connectivity index (χ2v) is 4.93. The molecule has 0 atom stereocenters. The second-order valence-electron chi connectivity index (χ2n) is 2.76. The molecule has 15 heavy (non-hydrogen) atoms. The van der Waals surface area contributed by atoms with Crippen molar-refractivity contribution in [2.75, 3.05) is 0 Å². The summed E-state index contributed by atoms with van der Waals surface area (Å²) >= 11 is 19.0. The van der Waals surface area contributed by atoms with Crippen molar-refractivity contribution in [3.05, 3.63) is 33.3 Å². The molecule has 0 aliphatic heterocycles. The minimum atomic E-state index is 0.357. The molecule has 2 rings (SSSR count). The molecule has 0 radical (unpaired) electrons. The Balaban J connectivity index is 2.48. The molecule has 0 aliphatic carbocycles. The van der Waals surface area contributed by atoms with Crippen molar-refractivity contribution in [1.29, 1.82) is 0 Å². The first-order chi connectivity index (χ1) is 7.20. The Hall–Kier alpha value is -0.350. The molecule has 0 unspecified atom stereocenters. The van der Waals surface area contributed by atoms with E-state index in [-0.39, 0.29) is 0 Å². The molecule has 0 spiro atoms. The molecule has 0 fully saturated rings. The lowest BCUT2D eigenvalue weighted by Crippen LogP contribution is -1.79. The van der Waals surface area contributed by atoms with E-state index >= 15 is 0 Å². The lowest BCUT2D eigenvalue weighted by Gasteiger charge is -1.99. The first kappa shape index (κ1) is 11.1. The zero-order valence-electron chi connectivity index (χ0n) is 7.38. The molecule has 0 N–H and O–H groups in total. The average Bonchev–Trinajstić information content (AvgIpc) is 2.70. The van der Waals surface area contributed by atoms with Crippen LogP contribution in [0.4, 0.5) is 0 Å². The van der Waals surface area contributed by atoms with Crippen LogP contribution in [0.1, 0.15) is 5.01 Å². The van der Waals surface area contributed by atoms with Crippen LogP contribution < -0.4 is 0 Å². The summed E-state index contributed by atoms with van der Waals surface area (Å²) in [6.45, 7) is 0. The molecule has 1 aromatic heterocycles. The van der Waals surface area contributed by atoms with Gasteiger partial charge in [0.1, 0.15) is 10.0 Å². The van der Waals surface area contributed by atoms with E-state index < -0.39 is 0 Å². The lowest BCUT2D eigenvalue weighted by molar-refractivity contribution is 1.04. The van der Waals surface area contributed by atoms with Crippen LogP contribution in [0.25, 0.3) is 10.6 Å². The van der Waals surface area contributed by atoms with E-state index in [1.807, 2.05) is 0 Å². The highest BCUT2D eigenvalue weighted by Gasteiger charge is 2.10. The lowest BCUT2D eigenvalue weighted by atomic mass is 10.2. The number of aromatic nitrogens is 2. The van der Waals surface area contributed by atoms with E-state index in [2.05, 4.69) is 10.2 Å². The molecule has 78 valence electrons. The largest absolute Gasteiger partial charge is 0.149 e. The van der Waals surface area contributed by atoms with Crippen LogP contribution >= 0.6 is 46.1 Å². The van der Waals surface area contributed by atoms with Gasteiger partial charge in [0.05, 0.1) is 10.9 Å². The van der Waals surface area contributed by atoms with Gasteiger partial charge in [0, 0.05) is 10.6 Å². The Morgan fingerprint density at radius 3 is 2.67 bits per heavy atom. The Morgan fingerprint density at radius 1 is 1.20 bits per heavy atom. The molecule has 2 nitrogen and oxygen atoms in total. The summed E-state index contributed by atoms with van der Waals surface area (Å²) in [5.74, 6) is 0.357. The molecular weight excluding hydrogens is 275 g/mol. The summed E-state index contributed by atoms with van der Waals surface area (Å²) in [4.78, 5) is 0. The maximum atomic E-state index is 6.03. The molecule has 0 saturated carbocycles. The van der Waals surface area contributed by atoms with Gasteiger partial charge < -0.3 is 0 Å². The van der Waals surface area contributed by atoms with Crippen molar-refractivity contribution in [3.63, 3.8) is 0 Å². The Labute approximate surface area is 106 Å². The van der Waals surface area contributed by atoms with Crippen LogP contribution in [0, 0.1) is 0 Å². The zero-order chi connectivity index (χ0) is 10.8. The maximum Gasteiger partial charge on any atom is 0.149 e. The molecule has 0 aliphatic rings. The van der Waals surface area contributed by atoms with Crippen molar-refractivity contribution in [1.82, 2.24) is 10.2 Å². The SMILES string of the molecule is ClCc1nnc(-c2cc(Cl)ccc2Cl)s1. The van der Waals surface area contributed by atoms with Gasteiger partial charge in [-0.15, -0.1) is 21.8 Å². The van der Waals surface area contributed by atoms with Crippen molar-refractivity contribution >= 4 is 46.1 Å². The van der Waals surface area contributed by atoms with Gasteiger partial charge in [-0.3, -0.25) is 0 Å². The van der Waals surface area contributed by atoms with Gasteiger partial charge in [-0.2, -0.15) is 0 Å². The maximum absolute atomic E-state index is 6.03. The van der Waals surface area contributed by atoms with Gasteiger partial charge in [0.2, 0.25) is 0 Å². The molecular formula is C9H5Cl3N2S. The Bertz CT molecular complexity index is 484. The predicted octanol–water partition coefficient (Wildman–Crippen LogP) is 4.25. The number of halogens is 3. The van der Waals surface area contributed by atoms with E-state index in [9.17, 15) is 0 Å². The van der Waals surface area contributed by atoms with Crippen LogP contribution in [0.5, 0.6) is 0 Å². The molecule has 0 saturated heterocycles. The third-order valence-electron chi connectivity index (χ3n) is 1.74. The monoisotopic (exact) mass is 278 g/mol. The molecule has 1 aromatic carbocycles. The highest BCUT2D eigenvalue weighted by atomic mass is 35.5. The van der Waals surface area contributed by atoms with Crippen molar-refractivity contribution < 1.29 is 0 Å². The van der Waals surface area contributed by atoms with E-state index in [1.54, 1.807) is 18.2 Å². The molecule has 0 bridgehead atoms. The number of benzene rings is 1. The highest BCUT2D eigenvalue weighted by Crippen LogP contribution is 2.32. The van der Waals surface area contributed by atoms with Crippen LogP contribution in [0.3, 0.4) is 0 Å². The number of alkyl halides is 1. The Kier molecular flexibility index (Phi) is 3.46. The molecule has 2 aromatic rings. The number of hydrogen-bond acceptors (Lipinski definition) is 3. The fourth-order valence-electron chi connectivity index (χ4n) is 1.08. The van der Waals surface area contributed by atoms with E-state index in [4.69, 9.17) is 34.8 Å². The number of nitrogens with zero attached hydrogens (tertiary/aromatic N) is 2. The van der Waals surface area contributed by atoms with Gasteiger partial charge in [-0.1, -0.05) is 34.5 Å². The van der Waals surface area contributed by atoms with Gasteiger partial charge in [-0.05, 0) is 18.2 Å². The average molecular weight is 280 g/mol. The quantitative estimate of drug-likeness (QED) is 0.768. The third kappa shape index (κ3) is 2.42. The first-order valence-electron chi connectivity index (χ1n) is 4.04. The fourth-order valence-corrected chi connectivity index (χ4v) is 2.45. The minimum absolute atomic E-state index is 0.357. The van der Waals surface area contributed by atoms with E-state index in [0.717, 1.165) is 15.6 Å². The van der Waals surface area contributed by atoms with Gasteiger partial charge >= 0.3 is 0 Å². The normalized spacial score (nSPS) is 10.6. The predicted molar refractivity (Wildman–Crippen MR) is 64.9 cm³/mol. The van der Waals surface area contributed by atoms with Crippen molar-refractivity contribution in [3.8, 4) is 10.6 Å². The fraction of sp³-hybridized carbons (Fsp3) is 0.111. The second kappa shape index (κ2) is 4.66. The van der Waals surface area contributed by atoms with Crippen LogP contribution in [0.15, 0.2) is 18.2 Å². The summed E-state index contributed by atoms with van der Waals surface area (Å²) < 4.78 is 0.